The number of rotatable bonds is 5. The van der Waals surface area contributed by atoms with Gasteiger partial charge in [-0.25, -0.2) is 0 Å². The van der Waals surface area contributed by atoms with Crippen molar-refractivity contribution in [3.05, 3.63) is 11.2 Å². The second-order valence-corrected chi connectivity index (χ2v) is 4.80. The summed E-state index contributed by atoms with van der Waals surface area (Å²) < 4.78 is 5.26. The van der Waals surface area contributed by atoms with Crippen LogP contribution in [-0.2, 0) is 0 Å². The van der Waals surface area contributed by atoms with Crippen molar-refractivity contribution < 1.29 is 4.42 Å². The van der Waals surface area contributed by atoms with E-state index in [1.807, 2.05) is 18.7 Å². The van der Waals surface area contributed by atoms with Crippen molar-refractivity contribution in [2.24, 2.45) is 0 Å². The first kappa shape index (κ1) is 14.0. The quantitative estimate of drug-likeness (QED) is 0.831. The molecule has 0 N–H and O–H groups in total. The number of aryl methyl sites for hydroxylation is 1. The molecule has 0 aromatic carbocycles. The fourth-order valence-corrected chi connectivity index (χ4v) is 2.28. The monoisotopic (exact) mass is 300 g/mol. The predicted octanol–water partition coefficient (Wildman–Crippen LogP) is 2.21. The molecule has 2 heterocycles. The van der Waals surface area contributed by atoms with Gasteiger partial charge in [-0.3, -0.25) is 0 Å². The summed E-state index contributed by atoms with van der Waals surface area (Å²) >= 11 is 7.07. The third-order valence-corrected chi connectivity index (χ3v) is 3.18. The minimum absolute atomic E-state index is 0.149. The summed E-state index contributed by atoms with van der Waals surface area (Å²) in [6.07, 6.45) is 0. The zero-order chi connectivity index (χ0) is 13.8. The molecular weight excluding hydrogens is 288 g/mol. The highest BCUT2D eigenvalue weighted by Crippen LogP contribution is 2.25. The summed E-state index contributed by atoms with van der Waals surface area (Å²) in [4.78, 5) is 14.5. The zero-order valence-corrected chi connectivity index (χ0v) is 12.4. The molecule has 19 heavy (non-hydrogen) atoms. The Kier molecular flexibility index (Phi) is 4.54. The Balaban J connectivity index is 2.25. The van der Waals surface area contributed by atoms with Crippen LogP contribution >= 0.6 is 23.4 Å². The van der Waals surface area contributed by atoms with E-state index < -0.39 is 0 Å². The molecule has 0 saturated carbocycles. The normalized spacial score (nSPS) is 10.7. The van der Waals surface area contributed by atoms with Gasteiger partial charge < -0.3 is 9.32 Å². The van der Waals surface area contributed by atoms with Crippen molar-refractivity contribution in [3.8, 4) is 0 Å². The number of nitrogens with zero attached hydrogens (tertiary/aromatic N) is 6. The Morgan fingerprint density at radius 1 is 1.16 bits per heavy atom. The molecule has 0 unspecified atom stereocenters. The van der Waals surface area contributed by atoms with Crippen molar-refractivity contribution >= 4 is 29.3 Å². The molecule has 2 rings (SSSR count). The lowest BCUT2D eigenvalue weighted by atomic mass is 10.5. The van der Waals surface area contributed by atoms with Crippen molar-refractivity contribution in [1.82, 2.24) is 25.1 Å². The molecule has 0 fully saturated rings. The van der Waals surface area contributed by atoms with Gasteiger partial charge in [-0.05, 0) is 25.4 Å². The molecule has 9 heteroatoms. The molecule has 7 nitrogen and oxygen atoms in total. The summed E-state index contributed by atoms with van der Waals surface area (Å²) in [6, 6.07) is 0. The van der Waals surface area contributed by atoms with Gasteiger partial charge in [0.1, 0.15) is 0 Å². The fourth-order valence-electron chi connectivity index (χ4n) is 1.41. The molecule has 0 saturated heterocycles. The van der Waals surface area contributed by atoms with Gasteiger partial charge in [-0.2, -0.15) is 15.0 Å². The van der Waals surface area contributed by atoms with Crippen LogP contribution in [0.4, 0.5) is 5.95 Å². The van der Waals surface area contributed by atoms with Crippen LogP contribution in [0.1, 0.15) is 19.7 Å². The van der Waals surface area contributed by atoms with Crippen LogP contribution in [0.25, 0.3) is 0 Å². The maximum atomic E-state index is 5.91. The van der Waals surface area contributed by atoms with E-state index in [1.165, 1.54) is 0 Å². The predicted molar refractivity (Wildman–Crippen MR) is 71.6 cm³/mol. The van der Waals surface area contributed by atoms with Crippen LogP contribution in [0.2, 0.25) is 5.28 Å². The van der Waals surface area contributed by atoms with Gasteiger partial charge in [0.05, 0.1) is 0 Å². The van der Waals surface area contributed by atoms with E-state index in [2.05, 4.69) is 25.1 Å². The molecule has 0 radical (unpaired) electrons. The summed E-state index contributed by atoms with van der Waals surface area (Å²) in [5.74, 6) is 1.04. The van der Waals surface area contributed by atoms with Gasteiger partial charge in [0.15, 0.2) is 0 Å². The maximum Gasteiger partial charge on any atom is 0.284 e. The highest BCUT2D eigenvalue weighted by Gasteiger charge is 2.13. The summed E-state index contributed by atoms with van der Waals surface area (Å²) in [5.41, 5.74) is 0. The van der Waals surface area contributed by atoms with E-state index in [0.29, 0.717) is 22.2 Å². The third kappa shape index (κ3) is 3.54. The van der Waals surface area contributed by atoms with Crippen LogP contribution in [0.5, 0.6) is 0 Å². The molecule has 0 aliphatic heterocycles. The van der Waals surface area contributed by atoms with E-state index in [4.69, 9.17) is 16.0 Å². The third-order valence-electron chi connectivity index (χ3n) is 2.31. The molecule has 102 valence electrons. The minimum Gasteiger partial charge on any atom is -0.416 e. The summed E-state index contributed by atoms with van der Waals surface area (Å²) in [7, 11) is 0. The molecule has 0 aliphatic rings. The van der Waals surface area contributed by atoms with Gasteiger partial charge in [0.2, 0.25) is 22.3 Å². The van der Waals surface area contributed by atoms with Gasteiger partial charge in [0, 0.05) is 31.8 Å². The second kappa shape index (κ2) is 6.16. The van der Waals surface area contributed by atoms with E-state index in [0.717, 1.165) is 24.9 Å². The Morgan fingerprint density at radius 3 is 2.47 bits per heavy atom. The topological polar surface area (TPSA) is 80.8 Å². The molecule has 2 aromatic heterocycles. The molecule has 2 aromatic rings. The first-order chi connectivity index (χ1) is 9.12. The summed E-state index contributed by atoms with van der Waals surface area (Å²) in [5, 5.41) is 8.58. The van der Waals surface area contributed by atoms with Gasteiger partial charge in [-0.1, -0.05) is 0 Å². The van der Waals surface area contributed by atoms with Crippen LogP contribution < -0.4 is 4.90 Å². The average Bonchev–Trinajstić information content (AvgIpc) is 2.75. The van der Waals surface area contributed by atoms with Crippen molar-refractivity contribution in [1.29, 1.82) is 0 Å². The highest BCUT2D eigenvalue weighted by atomic mass is 35.5. The number of anilines is 1. The van der Waals surface area contributed by atoms with Crippen LogP contribution in [0.3, 0.4) is 0 Å². The number of aromatic nitrogens is 5. The van der Waals surface area contributed by atoms with Gasteiger partial charge in [-0.15, -0.1) is 10.2 Å². The van der Waals surface area contributed by atoms with E-state index >= 15 is 0 Å². The number of hydrogen-bond acceptors (Lipinski definition) is 8. The van der Waals surface area contributed by atoms with E-state index in [-0.39, 0.29) is 5.28 Å². The lowest BCUT2D eigenvalue weighted by molar-refractivity contribution is 0.429. The minimum atomic E-state index is 0.149. The summed E-state index contributed by atoms with van der Waals surface area (Å²) in [6.45, 7) is 7.35. The van der Waals surface area contributed by atoms with Crippen molar-refractivity contribution in [3.63, 3.8) is 0 Å². The van der Waals surface area contributed by atoms with Crippen LogP contribution in [-0.4, -0.2) is 38.2 Å². The number of hydrogen-bond donors (Lipinski definition) is 0. The lowest BCUT2D eigenvalue weighted by Gasteiger charge is -2.18. The molecule has 0 aliphatic carbocycles. The van der Waals surface area contributed by atoms with Gasteiger partial charge >= 0.3 is 0 Å². The molecular formula is C10H13ClN6OS. The lowest BCUT2D eigenvalue weighted by Crippen LogP contribution is -2.24. The van der Waals surface area contributed by atoms with E-state index in [9.17, 15) is 0 Å². The molecule has 0 atom stereocenters. The zero-order valence-electron chi connectivity index (χ0n) is 10.8. The maximum absolute atomic E-state index is 5.91. The molecule has 0 spiro atoms. The SMILES string of the molecule is CCN(CC)c1nc(Cl)nc(Sc2nnc(C)o2)n1. The van der Waals surface area contributed by atoms with Crippen molar-refractivity contribution in [2.45, 2.75) is 31.2 Å². The van der Waals surface area contributed by atoms with Gasteiger partial charge in [0.25, 0.3) is 5.22 Å². The number of halogens is 1. The van der Waals surface area contributed by atoms with Crippen LogP contribution in [0.15, 0.2) is 14.8 Å². The highest BCUT2D eigenvalue weighted by molar-refractivity contribution is 7.98. The first-order valence-corrected chi connectivity index (χ1v) is 6.96. The molecule has 0 amide bonds. The second-order valence-electron chi connectivity index (χ2n) is 3.55. The van der Waals surface area contributed by atoms with Crippen molar-refractivity contribution in [2.75, 3.05) is 18.0 Å². The standard InChI is InChI=1S/C10H13ClN6OS/c1-4-17(5-2)8-12-7(11)13-9(14-8)19-10-16-15-6(3)18-10/h4-5H2,1-3H3. The molecule has 0 bridgehead atoms. The Labute approximate surface area is 119 Å². The largest absolute Gasteiger partial charge is 0.416 e. The first-order valence-electron chi connectivity index (χ1n) is 5.76. The van der Waals surface area contributed by atoms with Crippen LogP contribution in [0, 0.1) is 6.92 Å². The fraction of sp³-hybridized carbons (Fsp3) is 0.500. The Bertz CT molecular complexity index is 559. The van der Waals surface area contributed by atoms with E-state index in [1.54, 1.807) is 6.92 Å². The Morgan fingerprint density at radius 2 is 1.89 bits per heavy atom. The average molecular weight is 301 g/mol. The Hall–Kier alpha value is -1.41. The smallest absolute Gasteiger partial charge is 0.284 e.